The highest BCUT2D eigenvalue weighted by atomic mass is 19.4. The number of aryl methyl sites for hydroxylation is 1. The first-order chi connectivity index (χ1) is 13.3. The van der Waals surface area contributed by atoms with Crippen molar-refractivity contribution < 1.29 is 18.3 Å². The van der Waals surface area contributed by atoms with Crippen LogP contribution >= 0.6 is 0 Å². The predicted molar refractivity (Wildman–Crippen MR) is 99.4 cm³/mol. The van der Waals surface area contributed by atoms with E-state index in [-0.39, 0.29) is 17.9 Å². The van der Waals surface area contributed by atoms with Crippen LogP contribution in [0.15, 0.2) is 23.4 Å². The van der Waals surface area contributed by atoms with E-state index in [4.69, 9.17) is 0 Å². The molecule has 3 N–H and O–H groups in total. The fourth-order valence-corrected chi connectivity index (χ4v) is 3.00. The molecule has 0 aliphatic rings. The van der Waals surface area contributed by atoms with Gasteiger partial charge in [0.2, 0.25) is 11.5 Å². The first kappa shape index (κ1) is 20.8. The maximum atomic E-state index is 13.6. The number of hydrogen-bond acceptors (Lipinski definition) is 6. The molecule has 29 heavy (non-hydrogen) atoms. The Hall–Kier alpha value is -2.89. The molecule has 0 aliphatic carbocycles. The van der Waals surface area contributed by atoms with Crippen molar-refractivity contribution in [1.29, 1.82) is 0 Å². The molecule has 0 fully saturated rings. The second-order valence-corrected chi connectivity index (χ2v) is 7.78. The molecule has 0 saturated carbocycles. The summed E-state index contributed by atoms with van der Waals surface area (Å²) in [7, 11) is 1.37. The van der Waals surface area contributed by atoms with Crippen LogP contribution in [0.5, 0.6) is 0 Å². The van der Waals surface area contributed by atoms with Crippen molar-refractivity contribution in [3.05, 3.63) is 34.8 Å². The molecule has 0 aromatic carbocycles. The molecule has 1 atom stereocenters. The maximum absolute atomic E-state index is 13.6. The van der Waals surface area contributed by atoms with Gasteiger partial charge in [0.15, 0.2) is 5.65 Å². The molecule has 3 aromatic heterocycles. The zero-order chi connectivity index (χ0) is 21.6. The zero-order valence-electron chi connectivity index (χ0n) is 16.4. The Morgan fingerprint density at radius 2 is 1.97 bits per heavy atom. The number of anilines is 1. The summed E-state index contributed by atoms with van der Waals surface area (Å²) in [5, 5.41) is 17.4. The van der Waals surface area contributed by atoms with Crippen LogP contribution in [0.2, 0.25) is 0 Å². The molecule has 3 aromatic rings. The van der Waals surface area contributed by atoms with Gasteiger partial charge in [-0.05, 0) is 20.8 Å². The quantitative estimate of drug-likeness (QED) is 0.588. The third-order valence-electron chi connectivity index (χ3n) is 4.51. The normalized spacial score (nSPS) is 14.9. The Morgan fingerprint density at radius 1 is 1.28 bits per heavy atom. The van der Waals surface area contributed by atoms with Gasteiger partial charge in [0.05, 0.1) is 11.7 Å². The van der Waals surface area contributed by atoms with Crippen LogP contribution in [-0.2, 0) is 18.2 Å². The van der Waals surface area contributed by atoms with Crippen LogP contribution < -0.4 is 10.9 Å². The Balaban J connectivity index is 1.87. The lowest BCUT2D eigenvalue weighted by Crippen LogP contribution is -2.45. The van der Waals surface area contributed by atoms with Crippen LogP contribution in [0.25, 0.3) is 11.0 Å². The molecule has 0 aliphatic heterocycles. The lowest BCUT2D eigenvalue weighted by Gasteiger charge is -2.30. The lowest BCUT2D eigenvalue weighted by molar-refractivity contribution is -0.271. The molecule has 158 valence electrons. The van der Waals surface area contributed by atoms with Crippen molar-refractivity contribution in [2.45, 2.75) is 44.5 Å². The van der Waals surface area contributed by atoms with Crippen molar-refractivity contribution in [3.8, 4) is 0 Å². The highest BCUT2D eigenvalue weighted by molar-refractivity contribution is 5.74. The summed E-state index contributed by atoms with van der Waals surface area (Å²) >= 11 is 0. The molecule has 9 nitrogen and oxygen atoms in total. The number of alkyl halides is 3. The van der Waals surface area contributed by atoms with Crippen molar-refractivity contribution in [2.24, 2.45) is 7.05 Å². The second kappa shape index (κ2) is 6.87. The van der Waals surface area contributed by atoms with Gasteiger partial charge in [-0.15, -0.1) is 0 Å². The summed E-state index contributed by atoms with van der Waals surface area (Å²) in [5.41, 5.74) is -3.77. The Labute approximate surface area is 163 Å². The number of halogens is 3. The highest BCUT2D eigenvalue weighted by Gasteiger charge is 2.57. The van der Waals surface area contributed by atoms with Gasteiger partial charge in [-0.25, -0.2) is 9.67 Å². The molecule has 3 heterocycles. The SMILES string of the molecule is Cn1ccnc1C(O)(CCNc1nc2c(cnn2C(C)(C)C)c(=O)[nH]1)C(F)(F)F. The summed E-state index contributed by atoms with van der Waals surface area (Å²) in [5.74, 6) is -0.535. The molecule has 0 saturated heterocycles. The number of nitrogens with zero attached hydrogens (tertiary/aromatic N) is 5. The Morgan fingerprint density at radius 3 is 2.52 bits per heavy atom. The number of aromatic amines is 1. The average molecular weight is 413 g/mol. The van der Waals surface area contributed by atoms with Gasteiger partial charge in [0.1, 0.15) is 11.2 Å². The van der Waals surface area contributed by atoms with Crippen LogP contribution in [0.3, 0.4) is 0 Å². The van der Waals surface area contributed by atoms with E-state index in [0.29, 0.717) is 5.65 Å². The third-order valence-corrected chi connectivity index (χ3v) is 4.51. The van der Waals surface area contributed by atoms with Crippen molar-refractivity contribution >= 4 is 17.0 Å². The van der Waals surface area contributed by atoms with E-state index in [0.717, 1.165) is 4.57 Å². The first-order valence-electron chi connectivity index (χ1n) is 8.84. The number of H-pyrrole nitrogens is 1. The molecule has 12 heteroatoms. The molecule has 0 radical (unpaired) electrons. The monoisotopic (exact) mass is 413 g/mol. The van der Waals surface area contributed by atoms with Crippen molar-refractivity contribution in [3.63, 3.8) is 0 Å². The van der Waals surface area contributed by atoms with E-state index in [1.54, 1.807) is 4.68 Å². The number of imidazole rings is 1. The number of nitrogens with one attached hydrogen (secondary N) is 2. The fourth-order valence-electron chi connectivity index (χ4n) is 3.00. The van der Waals surface area contributed by atoms with E-state index >= 15 is 0 Å². The summed E-state index contributed by atoms with van der Waals surface area (Å²) < 4.78 is 43.4. The van der Waals surface area contributed by atoms with Crippen LogP contribution in [0.1, 0.15) is 33.0 Å². The Bertz CT molecular complexity index is 1080. The minimum atomic E-state index is -4.94. The minimum Gasteiger partial charge on any atom is -0.374 e. The summed E-state index contributed by atoms with van der Waals surface area (Å²) in [6.45, 7) is 5.32. The number of fused-ring (bicyclic) bond motifs is 1. The van der Waals surface area contributed by atoms with Gasteiger partial charge in [-0.1, -0.05) is 0 Å². The van der Waals surface area contributed by atoms with E-state index in [1.807, 2.05) is 20.8 Å². The van der Waals surface area contributed by atoms with Gasteiger partial charge < -0.3 is 15.0 Å². The van der Waals surface area contributed by atoms with E-state index in [9.17, 15) is 23.1 Å². The van der Waals surface area contributed by atoms with Gasteiger partial charge in [-0.2, -0.15) is 23.3 Å². The number of aliphatic hydroxyl groups is 1. The highest BCUT2D eigenvalue weighted by Crippen LogP contribution is 2.40. The molecule has 0 bridgehead atoms. The molecule has 0 spiro atoms. The molecular formula is C17H22F3N7O2. The van der Waals surface area contributed by atoms with Crippen LogP contribution in [0, 0.1) is 0 Å². The van der Waals surface area contributed by atoms with Crippen molar-refractivity contribution in [1.82, 2.24) is 29.3 Å². The Kier molecular flexibility index (Phi) is 4.93. The minimum absolute atomic E-state index is 0.0159. The average Bonchev–Trinajstić information content (AvgIpc) is 3.19. The number of aromatic nitrogens is 6. The topological polar surface area (TPSA) is 114 Å². The van der Waals surface area contributed by atoms with Gasteiger partial charge in [0.25, 0.3) is 5.56 Å². The smallest absolute Gasteiger partial charge is 0.374 e. The third kappa shape index (κ3) is 3.71. The van der Waals surface area contributed by atoms with Gasteiger partial charge in [-0.3, -0.25) is 9.78 Å². The van der Waals surface area contributed by atoms with Crippen LogP contribution in [-0.4, -0.2) is 47.1 Å². The summed E-state index contributed by atoms with van der Waals surface area (Å²) in [6.07, 6.45) is -1.79. The summed E-state index contributed by atoms with van der Waals surface area (Å²) in [4.78, 5) is 22.7. The molecule has 3 rings (SSSR count). The lowest BCUT2D eigenvalue weighted by atomic mass is 9.97. The number of rotatable bonds is 5. The van der Waals surface area contributed by atoms with E-state index < -0.39 is 35.1 Å². The predicted octanol–water partition coefficient (Wildman–Crippen LogP) is 1.86. The van der Waals surface area contributed by atoms with E-state index in [2.05, 4.69) is 25.4 Å². The molecule has 0 amide bonds. The van der Waals surface area contributed by atoms with Crippen LogP contribution in [0.4, 0.5) is 19.1 Å². The largest absolute Gasteiger partial charge is 0.424 e. The van der Waals surface area contributed by atoms with Gasteiger partial charge in [0, 0.05) is 32.4 Å². The zero-order valence-corrected chi connectivity index (χ0v) is 16.4. The first-order valence-corrected chi connectivity index (χ1v) is 8.84. The standard InChI is InChI=1S/C17H22F3N7O2/c1-15(2,3)27-11-10(9-23-27)12(28)25-14(24-11)22-6-5-16(29,17(18,19)20)13-21-7-8-26(13)4/h7-9,29H,5-6H2,1-4H3,(H2,22,24,25,28). The van der Waals surface area contributed by atoms with Gasteiger partial charge >= 0.3 is 6.18 Å². The molecular weight excluding hydrogens is 391 g/mol. The van der Waals surface area contributed by atoms with Crippen molar-refractivity contribution in [2.75, 3.05) is 11.9 Å². The fraction of sp³-hybridized carbons (Fsp3) is 0.529. The molecule has 1 unspecified atom stereocenters. The second-order valence-electron chi connectivity index (χ2n) is 7.78. The number of hydrogen-bond donors (Lipinski definition) is 3. The summed E-state index contributed by atoms with van der Waals surface area (Å²) in [6, 6.07) is 0. The maximum Gasteiger partial charge on any atom is 0.424 e. The van der Waals surface area contributed by atoms with E-state index in [1.165, 1.54) is 25.6 Å².